The highest BCUT2D eigenvalue weighted by atomic mass is 35.5. The molecule has 5 nitrogen and oxygen atoms in total. The molecular formula is C12H10Cl2N2O3. The molecule has 2 aromatic rings. The van der Waals surface area contributed by atoms with Gasteiger partial charge >= 0.3 is 0 Å². The smallest absolute Gasteiger partial charge is 0.234 e. The topological polar surface area (TPSA) is 65.2 Å². The van der Waals surface area contributed by atoms with Gasteiger partial charge < -0.3 is 9.26 Å². The minimum atomic E-state index is -0.137. The fourth-order valence-corrected chi connectivity index (χ4v) is 2.03. The first-order chi connectivity index (χ1) is 9.08. The fourth-order valence-electron chi connectivity index (χ4n) is 1.51. The van der Waals surface area contributed by atoms with Gasteiger partial charge in [-0.05, 0) is 18.2 Å². The quantitative estimate of drug-likeness (QED) is 0.849. The zero-order valence-corrected chi connectivity index (χ0v) is 11.5. The van der Waals surface area contributed by atoms with Crippen molar-refractivity contribution in [3.05, 3.63) is 34.1 Å². The van der Waals surface area contributed by atoms with Crippen LogP contribution in [0.5, 0.6) is 0 Å². The number of halogens is 2. The molecule has 0 saturated heterocycles. The molecule has 0 saturated carbocycles. The third-order valence-corrected chi connectivity index (χ3v) is 2.68. The Morgan fingerprint density at radius 1 is 1.32 bits per heavy atom. The van der Waals surface area contributed by atoms with Crippen molar-refractivity contribution < 1.29 is 14.1 Å². The number of ketones is 1. The zero-order valence-electron chi connectivity index (χ0n) is 10.0. The van der Waals surface area contributed by atoms with E-state index in [-0.39, 0.29) is 24.7 Å². The monoisotopic (exact) mass is 300 g/mol. The van der Waals surface area contributed by atoms with Crippen LogP contribution < -0.4 is 0 Å². The highest BCUT2D eigenvalue weighted by molar-refractivity contribution is 6.35. The van der Waals surface area contributed by atoms with Crippen LogP contribution in [0.15, 0.2) is 22.7 Å². The predicted molar refractivity (Wildman–Crippen MR) is 70.3 cm³/mol. The standard InChI is InChI=1S/C12H10Cl2N2O3/c1-18-6-10(17)5-11-15-12(16-19-11)7-2-8(13)4-9(14)3-7/h2-4H,5-6H2,1H3. The average molecular weight is 301 g/mol. The number of Topliss-reactive ketones (excluding diaryl/α,β-unsaturated/α-hetero) is 1. The molecule has 1 aromatic heterocycles. The van der Waals surface area contributed by atoms with Crippen LogP contribution in [0.3, 0.4) is 0 Å². The van der Waals surface area contributed by atoms with E-state index in [1.165, 1.54) is 7.11 Å². The van der Waals surface area contributed by atoms with Crippen molar-refractivity contribution in [3.8, 4) is 11.4 Å². The number of carbonyl (C=O) groups excluding carboxylic acids is 1. The largest absolute Gasteiger partial charge is 0.377 e. The molecule has 0 aliphatic carbocycles. The molecule has 0 aliphatic heterocycles. The van der Waals surface area contributed by atoms with E-state index in [9.17, 15) is 4.79 Å². The first kappa shape index (κ1) is 14.0. The van der Waals surface area contributed by atoms with Crippen LogP contribution in [0.4, 0.5) is 0 Å². The number of hydrogen-bond acceptors (Lipinski definition) is 5. The Morgan fingerprint density at radius 2 is 2.00 bits per heavy atom. The Labute approximate surface area is 119 Å². The summed E-state index contributed by atoms with van der Waals surface area (Å²) in [6.45, 7) is 0.0146. The van der Waals surface area contributed by atoms with Gasteiger partial charge in [0.25, 0.3) is 0 Å². The summed E-state index contributed by atoms with van der Waals surface area (Å²) in [6.07, 6.45) is 0.0368. The molecular weight excluding hydrogens is 291 g/mol. The molecule has 0 unspecified atom stereocenters. The molecule has 0 spiro atoms. The summed E-state index contributed by atoms with van der Waals surface area (Å²) in [5.41, 5.74) is 0.631. The second-order valence-corrected chi connectivity index (χ2v) is 4.69. The summed E-state index contributed by atoms with van der Waals surface area (Å²) in [7, 11) is 1.45. The van der Waals surface area contributed by atoms with E-state index in [0.717, 1.165) is 0 Å². The lowest BCUT2D eigenvalue weighted by atomic mass is 10.2. The Balaban J connectivity index is 2.18. The summed E-state index contributed by atoms with van der Waals surface area (Å²) in [5.74, 6) is 0.430. The second kappa shape index (κ2) is 6.14. The molecule has 0 N–H and O–H groups in total. The van der Waals surface area contributed by atoms with E-state index in [2.05, 4.69) is 10.1 Å². The molecule has 0 aliphatic rings. The number of aromatic nitrogens is 2. The summed E-state index contributed by atoms with van der Waals surface area (Å²) < 4.78 is 9.72. The lowest BCUT2D eigenvalue weighted by molar-refractivity contribution is -0.122. The maximum atomic E-state index is 11.4. The molecule has 0 fully saturated rings. The van der Waals surface area contributed by atoms with E-state index < -0.39 is 0 Å². The van der Waals surface area contributed by atoms with Crippen molar-refractivity contribution >= 4 is 29.0 Å². The van der Waals surface area contributed by atoms with Crippen LogP contribution in [0.25, 0.3) is 11.4 Å². The Kier molecular flexibility index (Phi) is 4.52. The summed E-state index contributed by atoms with van der Waals surface area (Å²) in [6, 6.07) is 4.94. The van der Waals surface area contributed by atoms with Crippen molar-refractivity contribution in [2.75, 3.05) is 13.7 Å². The van der Waals surface area contributed by atoms with E-state index in [4.69, 9.17) is 32.5 Å². The van der Waals surface area contributed by atoms with Crippen LogP contribution in [-0.4, -0.2) is 29.6 Å². The first-order valence-electron chi connectivity index (χ1n) is 5.38. The molecule has 19 heavy (non-hydrogen) atoms. The van der Waals surface area contributed by atoms with Crippen molar-refractivity contribution in [3.63, 3.8) is 0 Å². The molecule has 100 valence electrons. The third-order valence-electron chi connectivity index (χ3n) is 2.24. The molecule has 0 radical (unpaired) electrons. The van der Waals surface area contributed by atoms with Gasteiger partial charge in [0, 0.05) is 22.7 Å². The number of benzene rings is 1. The van der Waals surface area contributed by atoms with Gasteiger partial charge in [0.05, 0.1) is 6.42 Å². The molecule has 0 atom stereocenters. The number of nitrogens with zero attached hydrogens (tertiary/aromatic N) is 2. The van der Waals surface area contributed by atoms with Gasteiger partial charge in [-0.1, -0.05) is 28.4 Å². The summed E-state index contributed by atoms with van der Waals surface area (Å²) in [5, 5.41) is 4.74. The minimum Gasteiger partial charge on any atom is -0.377 e. The van der Waals surface area contributed by atoms with E-state index >= 15 is 0 Å². The Morgan fingerprint density at radius 3 is 2.63 bits per heavy atom. The van der Waals surface area contributed by atoms with E-state index in [1.807, 2.05) is 0 Å². The van der Waals surface area contributed by atoms with Crippen LogP contribution >= 0.6 is 23.2 Å². The number of methoxy groups -OCH3 is 1. The molecule has 2 rings (SSSR count). The van der Waals surface area contributed by atoms with Crippen LogP contribution in [0, 0.1) is 0 Å². The predicted octanol–water partition coefficient (Wildman–Crippen LogP) is 2.80. The Hall–Kier alpha value is -1.43. The highest BCUT2D eigenvalue weighted by Crippen LogP contribution is 2.25. The number of carbonyl (C=O) groups is 1. The lowest BCUT2D eigenvalue weighted by Crippen LogP contribution is -2.09. The normalized spacial score (nSPS) is 10.7. The minimum absolute atomic E-state index is 0.0146. The summed E-state index contributed by atoms with van der Waals surface area (Å²) >= 11 is 11.8. The molecule has 1 aromatic carbocycles. The van der Waals surface area contributed by atoms with Crippen LogP contribution in [-0.2, 0) is 16.0 Å². The number of rotatable bonds is 5. The van der Waals surface area contributed by atoms with Gasteiger partial charge in [0.2, 0.25) is 11.7 Å². The van der Waals surface area contributed by atoms with E-state index in [0.29, 0.717) is 21.4 Å². The number of ether oxygens (including phenoxy) is 1. The van der Waals surface area contributed by atoms with Gasteiger partial charge in [-0.25, -0.2) is 0 Å². The zero-order chi connectivity index (χ0) is 13.8. The van der Waals surface area contributed by atoms with Gasteiger partial charge in [-0.15, -0.1) is 0 Å². The van der Waals surface area contributed by atoms with Crippen molar-refractivity contribution in [2.45, 2.75) is 6.42 Å². The van der Waals surface area contributed by atoms with Crippen LogP contribution in [0.2, 0.25) is 10.0 Å². The van der Waals surface area contributed by atoms with Crippen molar-refractivity contribution in [1.82, 2.24) is 10.1 Å². The maximum absolute atomic E-state index is 11.4. The Bertz CT molecular complexity index is 578. The fraction of sp³-hybridized carbons (Fsp3) is 0.250. The van der Waals surface area contributed by atoms with E-state index in [1.54, 1.807) is 18.2 Å². The molecule has 1 heterocycles. The SMILES string of the molecule is COCC(=O)Cc1nc(-c2cc(Cl)cc(Cl)c2)no1. The number of hydrogen-bond donors (Lipinski definition) is 0. The summed E-state index contributed by atoms with van der Waals surface area (Å²) in [4.78, 5) is 15.5. The third kappa shape index (κ3) is 3.76. The molecule has 0 bridgehead atoms. The van der Waals surface area contributed by atoms with Crippen LogP contribution in [0.1, 0.15) is 5.89 Å². The van der Waals surface area contributed by atoms with Gasteiger partial charge in [-0.2, -0.15) is 4.98 Å². The average Bonchev–Trinajstić information content (AvgIpc) is 2.76. The van der Waals surface area contributed by atoms with Gasteiger partial charge in [0.1, 0.15) is 6.61 Å². The lowest BCUT2D eigenvalue weighted by Gasteiger charge is -1.97. The molecule has 0 amide bonds. The first-order valence-corrected chi connectivity index (χ1v) is 6.14. The highest BCUT2D eigenvalue weighted by Gasteiger charge is 2.13. The van der Waals surface area contributed by atoms with Crippen molar-refractivity contribution in [2.24, 2.45) is 0 Å². The van der Waals surface area contributed by atoms with Gasteiger partial charge in [-0.3, -0.25) is 4.79 Å². The second-order valence-electron chi connectivity index (χ2n) is 3.82. The van der Waals surface area contributed by atoms with Gasteiger partial charge in [0.15, 0.2) is 5.78 Å². The maximum Gasteiger partial charge on any atom is 0.234 e. The van der Waals surface area contributed by atoms with Crippen molar-refractivity contribution in [1.29, 1.82) is 0 Å². The molecule has 7 heteroatoms.